The van der Waals surface area contributed by atoms with Crippen molar-refractivity contribution < 1.29 is 18.3 Å². The van der Waals surface area contributed by atoms with Crippen LogP contribution in [-0.4, -0.2) is 19.8 Å². The smallest absolute Gasteiger partial charge is 0.386 e. The number of rotatable bonds is 1. The molecule has 0 saturated heterocycles. The van der Waals surface area contributed by atoms with Crippen LogP contribution in [0.15, 0.2) is 0 Å². The third-order valence-electron chi connectivity index (χ3n) is 0.400. The number of hydrogen-bond donors (Lipinski definition) is 1. The molecule has 1 N–H and O–H groups in total. The summed E-state index contributed by atoms with van der Waals surface area (Å²) in [4.78, 5) is 9.81. The maximum absolute atomic E-state index is 11.0. The highest BCUT2D eigenvalue weighted by Gasteiger charge is 2.06. The van der Waals surface area contributed by atoms with Gasteiger partial charge >= 0.3 is 12.7 Å². The molecule has 0 aromatic rings. The van der Waals surface area contributed by atoms with E-state index in [4.69, 9.17) is 0 Å². The Morgan fingerprint density at radius 3 is 2.38 bits per heavy atom. The maximum Gasteiger partial charge on any atom is 0.411 e. The molecule has 8 heavy (non-hydrogen) atoms. The van der Waals surface area contributed by atoms with Gasteiger partial charge in [0.2, 0.25) is 0 Å². The van der Waals surface area contributed by atoms with Gasteiger partial charge in [0.05, 0.1) is 0 Å². The molecule has 0 rings (SSSR count). The summed E-state index contributed by atoms with van der Waals surface area (Å²) in [6.45, 7) is -3.03. The predicted molar refractivity (Wildman–Crippen MR) is 21.5 cm³/mol. The highest BCUT2D eigenvalue weighted by atomic mass is 19.3. The summed E-state index contributed by atoms with van der Waals surface area (Å²) in [5.41, 5.74) is 0. The zero-order valence-electron chi connectivity index (χ0n) is 4.15. The fourth-order valence-electron chi connectivity index (χ4n) is 0.140. The lowest BCUT2D eigenvalue weighted by atomic mass is 11.1. The molecular weight excluding hydrogens is 120 g/mol. The van der Waals surface area contributed by atoms with Crippen LogP contribution in [0.3, 0.4) is 0 Å². The van der Waals surface area contributed by atoms with E-state index in [9.17, 15) is 13.6 Å². The Kier molecular flexibility index (Phi) is 2.83. The number of halogens is 2. The van der Waals surface area contributed by atoms with Crippen molar-refractivity contribution in [2.24, 2.45) is 0 Å². The summed E-state index contributed by atoms with van der Waals surface area (Å²) in [7, 11) is 1.20. The zero-order valence-corrected chi connectivity index (χ0v) is 4.15. The molecule has 3 nitrogen and oxygen atoms in total. The number of amides is 1. The lowest BCUT2D eigenvalue weighted by Crippen LogP contribution is -2.21. The van der Waals surface area contributed by atoms with Crippen LogP contribution in [0.2, 0.25) is 0 Å². The number of hydrogen-bond acceptors (Lipinski definition) is 2. The van der Waals surface area contributed by atoms with Gasteiger partial charge in [0, 0.05) is 7.05 Å². The summed E-state index contributed by atoms with van der Waals surface area (Å²) >= 11 is 0. The monoisotopic (exact) mass is 125 g/mol. The number of nitrogens with one attached hydrogen (secondary N) is 1. The van der Waals surface area contributed by atoms with Gasteiger partial charge in [-0.15, -0.1) is 0 Å². The van der Waals surface area contributed by atoms with Crippen LogP contribution < -0.4 is 5.32 Å². The van der Waals surface area contributed by atoms with E-state index >= 15 is 0 Å². The van der Waals surface area contributed by atoms with Gasteiger partial charge in [0.15, 0.2) is 0 Å². The molecule has 0 aliphatic rings. The van der Waals surface area contributed by atoms with Crippen LogP contribution in [0.1, 0.15) is 0 Å². The van der Waals surface area contributed by atoms with Crippen LogP contribution in [0, 0.1) is 0 Å². The van der Waals surface area contributed by atoms with E-state index in [0.29, 0.717) is 0 Å². The van der Waals surface area contributed by atoms with Gasteiger partial charge in [-0.05, 0) is 0 Å². The summed E-state index contributed by atoms with van der Waals surface area (Å²) in [5, 5.41) is 1.86. The van der Waals surface area contributed by atoms with Gasteiger partial charge in [-0.1, -0.05) is 0 Å². The number of carbonyl (C=O) groups excluding carboxylic acids is 1. The second-order valence-corrected chi connectivity index (χ2v) is 0.916. The Hall–Kier alpha value is -0.870. The summed E-state index contributed by atoms with van der Waals surface area (Å²) in [6, 6.07) is 0. The van der Waals surface area contributed by atoms with Gasteiger partial charge < -0.3 is 10.1 Å². The molecule has 0 bridgehead atoms. The molecule has 0 aromatic carbocycles. The Bertz CT molecular complexity index is 85.4. The topological polar surface area (TPSA) is 38.3 Å². The fraction of sp³-hybridized carbons (Fsp3) is 0.667. The van der Waals surface area contributed by atoms with Crippen molar-refractivity contribution in [3.8, 4) is 0 Å². The normalized spacial score (nSPS) is 9.00. The first kappa shape index (κ1) is 7.13. The van der Waals surface area contributed by atoms with Crippen LogP contribution in [0.4, 0.5) is 13.6 Å². The maximum atomic E-state index is 11.0. The van der Waals surface area contributed by atoms with Gasteiger partial charge in [0.1, 0.15) is 0 Å². The van der Waals surface area contributed by atoms with Crippen molar-refractivity contribution in [1.29, 1.82) is 0 Å². The molecular formula is C3H5F2NO2. The lowest BCUT2D eigenvalue weighted by Gasteiger charge is -1.98. The Morgan fingerprint density at radius 1 is 1.75 bits per heavy atom. The van der Waals surface area contributed by atoms with Crippen molar-refractivity contribution in [1.82, 2.24) is 5.32 Å². The predicted octanol–water partition coefficient (Wildman–Crippen LogP) is 0.565. The minimum Gasteiger partial charge on any atom is -0.386 e. The quantitative estimate of drug-likeness (QED) is 0.556. The Balaban J connectivity index is 3.25. The summed E-state index contributed by atoms with van der Waals surface area (Å²) in [6.07, 6.45) is -1.13. The van der Waals surface area contributed by atoms with Gasteiger partial charge in [-0.2, -0.15) is 8.78 Å². The zero-order chi connectivity index (χ0) is 6.57. The summed E-state index contributed by atoms with van der Waals surface area (Å²) < 4.78 is 25.3. The van der Waals surface area contributed by atoms with E-state index in [1.165, 1.54) is 7.05 Å². The number of carbonyl (C=O) groups is 1. The van der Waals surface area contributed by atoms with E-state index < -0.39 is 12.7 Å². The van der Waals surface area contributed by atoms with E-state index in [-0.39, 0.29) is 0 Å². The third-order valence-corrected chi connectivity index (χ3v) is 0.400. The number of alkyl halides is 2. The molecule has 0 atom stereocenters. The standard InChI is InChI=1S/C3H5F2NO2/c1-6-3(7)8-2(4)5/h2H,1H3,(H,6,7). The molecule has 0 aliphatic heterocycles. The van der Waals surface area contributed by atoms with E-state index in [0.717, 1.165) is 0 Å². The van der Waals surface area contributed by atoms with Crippen LogP contribution in [-0.2, 0) is 4.74 Å². The Morgan fingerprint density at radius 2 is 2.25 bits per heavy atom. The molecule has 48 valence electrons. The average molecular weight is 125 g/mol. The molecule has 0 radical (unpaired) electrons. The lowest BCUT2D eigenvalue weighted by molar-refractivity contribution is -0.0808. The largest absolute Gasteiger partial charge is 0.411 e. The second kappa shape index (κ2) is 3.17. The molecule has 0 unspecified atom stereocenters. The van der Waals surface area contributed by atoms with Gasteiger partial charge in [0.25, 0.3) is 0 Å². The first-order chi connectivity index (χ1) is 3.66. The van der Waals surface area contributed by atoms with Crippen molar-refractivity contribution in [3.05, 3.63) is 0 Å². The minimum atomic E-state index is -3.03. The molecule has 0 saturated carbocycles. The molecule has 0 heterocycles. The highest BCUT2D eigenvalue weighted by Crippen LogP contribution is 1.92. The average Bonchev–Trinajstić information content (AvgIpc) is 1.65. The van der Waals surface area contributed by atoms with Crippen LogP contribution in [0.25, 0.3) is 0 Å². The second-order valence-electron chi connectivity index (χ2n) is 0.916. The molecule has 1 amide bonds. The van der Waals surface area contributed by atoms with Crippen LogP contribution >= 0.6 is 0 Å². The van der Waals surface area contributed by atoms with Gasteiger partial charge in [-0.25, -0.2) is 4.79 Å². The third kappa shape index (κ3) is 3.32. The minimum absolute atomic E-state index is 1.13. The molecule has 0 fully saturated rings. The van der Waals surface area contributed by atoms with Gasteiger partial charge in [-0.3, -0.25) is 0 Å². The van der Waals surface area contributed by atoms with E-state index in [2.05, 4.69) is 4.74 Å². The van der Waals surface area contributed by atoms with Crippen molar-refractivity contribution in [2.75, 3.05) is 7.05 Å². The Labute approximate surface area is 44.6 Å². The van der Waals surface area contributed by atoms with E-state index in [1.807, 2.05) is 5.32 Å². The summed E-state index contributed by atoms with van der Waals surface area (Å²) in [5.74, 6) is 0. The SMILES string of the molecule is CNC(=O)OC(F)F. The molecule has 0 aromatic heterocycles. The van der Waals surface area contributed by atoms with Crippen molar-refractivity contribution >= 4 is 6.09 Å². The fourth-order valence-corrected chi connectivity index (χ4v) is 0.140. The highest BCUT2D eigenvalue weighted by molar-refractivity contribution is 5.66. The number of ether oxygens (including phenoxy) is 1. The molecule has 5 heteroatoms. The first-order valence-corrected chi connectivity index (χ1v) is 1.83. The molecule has 0 spiro atoms. The van der Waals surface area contributed by atoms with E-state index in [1.54, 1.807) is 0 Å². The van der Waals surface area contributed by atoms with Crippen molar-refractivity contribution in [3.63, 3.8) is 0 Å². The molecule has 0 aliphatic carbocycles. The van der Waals surface area contributed by atoms with Crippen molar-refractivity contribution in [2.45, 2.75) is 6.61 Å². The first-order valence-electron chi connectivity index (χ1n) is 1.83. The number of alkyl carbamates (subject to hydrolysis) is 1. The van der Waals surface area contributed by atoms with Crippen LogP contribution in [0.5, 0.6) is 0 Å².